The molecular weight excluding hydrogens is 476 g/mol. The van der Waals surface area contributed by atoms with Gasteiger partial charge < -0.3 is 15.9 Å². The van der Waals surface area contributed by atoms with E-state index >= 15 is 0 Å². The average Bonchev–Trinajstić information content (AvgIpc) is 2.70. The SMILES string of the molecule is Nc1ccc2c(S(=O)(=O)Nc3ccc(C(CC(=O)O)C(=O)O)cc3)cccc2c1S(=O)(=O)O. The topological polar surface area (TPSA) is 201 Å². The summed E-state index contributed by atoms with van der Waals surface area (Å²) in [7, 11) is -9.00. The van der Waals surface area contributed by atoms with Gasteiger partial charge in [0.1, 0.15) is 4.90 Å². The normalized spacial score (nSPS) is 12.9. The van der Waals surface area contributed by atoms with Crippen molar-refractivity contribution < 1.29 is 41.2 Å². The maximum Gasteiger partial charge on any atom is 0.311 e. The second-order valence-corrected chi connectivity index (χ2v) is 10.0. The molecule has 0 spiro atoms. The summed E-state index contributed by atoms with van der Waals surface area (Å²) in [5, 5.41) is 18.0. The lowest BCUT2D eigenvalue weighted by Gasteiger charge is -2.14. The van der Waals surface area contributed by atoms with Gasteiger partial charge in [-0.15, -0.1) is 0 Å². The smallest absolute Gasteiger partial charge is 0.311 e. The molecule has 1 atom stereocenters. The number of carbonyl (C=O) groups is 2. The van der Waals surface area contributed by atoms with Crippen molar-refractivity contribution in [3.63, 3.8) is 0 Å². The Morgan fingerprint density at radius 3 is 2.09 bits per heavy atom. The molecule has 174 valence electrons. The van der Waals surface area contributed by atoms with E-state index in [1.165, 1.54) is 48.5 Å². The van der Waals surface area contributed by atoms with Gasteiger partial charge in [-0.2, -0.15) is 8.42 Å². The van der Waals surface area contributed by atoms with Gasteiger partial charge in [0.15, 0.2) is 0 Å². The van der Waals surface area contributed by atoms with Crippen LogP contribution in [0.4, 0.5) is 11.4 Å². The highest BCUT2D eigenvalue weighted by Gasteiger charge is 2.25. The first kappa shape index (κ1) is 24.0. The van der Waals surface area contributed by atoms with E-state index in [2.05, 4.69) is 4.72 Å². The van der Waals surface area contributed by atoms with Gasteiger partial charge in [0.2, 0.25) is 0 Å². The Morgan fingerprint density at radius 2 is 1.55 bits per heavy atom. The quantitative estimate of drug-likeness (QED) is 0.228. The molecule has 0 aromatic heterocycles. The van der Waals surface area contributed by atoms with E-state index in [1.807, 2.05) is 0 Å². The largest absolute Gasteiger partial charge is 0.481 e. The highest BCUT2D eigenvalue weighted by Crippen LogP contribution is 2.33. The summed E-state index contributed by atoms with van der Waals surface area (Å²) in [5.41, 5.74) is 5.64. The van der Waals surface area contributed by atoms with Crippen molar-refractivity contribution in [2.75, 3.05) is 10.5 Å². The fourth-order valence-corrected chi connectivity index (χ4v) is 5.46. The van der Waals surface area contributed by atoms with Crippen LogP contribution in [0.2, 0.25) is 0 Å². The number of aliphatic carboxylic acids is 2. The van der Waals surface area contributed by atoms with E-state index in [1.54, 1.807) is 0 Å². The zero-order valence-corrected chi connectivity index (χ0v) is 18.3. The number of benzene rings is 3. The Hall–Kier alpha value is -3.68. The Balaban J connectivity index is 2.01. The molecule has 0 saturated heterocycles. The van der Waals surface area contributed by atoms with Crippen molar-refractivity contribution in [2.45, 2.75) is 22.1 Å². The van der Waals surface area contributed by atoms with Gasteiger partial charge in [0.25, 0.3) is 20.1 Å². The molecule has 0 bridgehead atoms. The molecule has 0 fully saturated rings. The maximum absolute atomic E-state index is 13.0. The average molecular weight is 495 g/mol. The Bertz CT molecular complexity index is 1470. The zero-order chi connectivity index (χ0) is 24.6. The summed E-state index contributed by atoms with van der Waals surface area (Å²) >= 11 is 0. The number of nitrogen functional groups attached to an aromatic ring is 1. The van der Waals surface area contributed by atoms with E-state index in [0.29, 0.717) is 0 Å². The molecule has 0 amide bonds. The van der Waals surface area contributed by atoms with Gasteiger partial charge in [-0.25, -0.2) is 8.42 Å². The number of carboxylic acid groups (broad SMARTS) is 2. The van der Waals surface area contributed by atoms with E-state index in [9.17, 15) is 36.1 Å². The van der Waals surface area contributed by atoms with E-state index < -0.39 is 49.3 Å². The lowest BCUT2D eigenvalue weighted by atomic mass is 9.96. The first-order valence-electron chi connectivity index (χ1n) is 9.17. The second-order valence-electron chi connectivity index (χ2n) is 7.03. The molecule has 1 unspecified atom stereocenters. The number of fused-ring (bicyclic) bond motifs is 1. The van der Waals surface area contributed by atoms with Crippen LogP contribution in [0.15, 0.2) is 64.4 Å². The van der Waals surface area contributed by atoms with Gasteiger partial charge in [-0.05, 0) is 29.8 Å². The van der Waals surface area contributed by atoms with Gasteiger partial charge in [0, 0.05) is 16.5 Å². The van der Waals surface area contributed by atoms with Crippen LogP contribution in [0.25, 0.3) is 10.8 Å². The van der Waals surface area contributed by atoms with Crippen molar-refractivity contribution in [1.29, 1.82) is 0 Å². The minimum Gasteiger partial charge on any atom is -0.481 e. The number of carboxylic acids is 2. The third kappa shape index (κ3) is 5.05. The molecule has 0 aliphatic carbocycles. The second kappa shape index (κ2) is 8.69. The predicted octanol–water partition coefficient (Wildman–Crippen LogP) is 2.11. The standard InChI is InChI=1S/C20H18N2O9S2/c21-16-9-8-13-14(19(16)33(29,30)31)2-1-3-17(13)32(27,28)22-12-6-4-11(5-7-12)15(20(25)26)10-18(23)24/h1-9,15,22H,10,21H2,(H,23,24)(H,25,26)(H,29,30,31). The Labute approximate surface area is 188 Å². The lowest BCUT2D eigenvalue weighted by molar-refractivity contribution is -0.145. The summed E-state index contributed by atoms with van der Waals surface area (Å²) in [5.74, 6) is -3.95. The number of nitrogens with one attached hydrogen (secondary N) is 1. The van der Waals surface area contributed by atoms with Crippen LogP contribution in [0.1, 0.15) is 17.9 Å². The monoisotopic (exact) mass is 494 g/mol. The molecule has 3 aromatic rings. The number of nitrogens with two attached hydrogens (primary N) is 1. The van der Waals surface area contributed by atoms with Gasteiger partial charge in [0.05, 0.1) is 22.9 Å². The molecule has 6 N–H and O–H groups in total. The summed E-state index contributed by atoms with van der Waals surface area (Å²) < 4.78 is 61.3. The molecule has 3 rings (SSSR count). The third-order valence-electron chi connectivity index (χ3n) is 4.79. The highest BCUT2D eigenvalue weighted by atomic mass is 32.2. The molecule has 0 heterocycles. The number of anilines is 2. The highest BCUT2D eigenvalue weighted by molar-refractivity contribution is 7.93. The van der Waals surface area contributed by atoms with Gasteiger partial charge in [-0.1, -0.05) is 30.3 Å². The lowest BCUT2D eigenvalue weighted by Crippen LogP contribution is -2.16. The van der Waals surface area contributed by atoms with Gasteiger partial charge >= 0.3 is 11.9 Å². The van der Waals surface area contributed by atoms with Crippen LogP contribution in [-0.2, 0) is 29.7 Å². The summed E-state index contributed by atoms with van der Waals surface area (Å²) in [6, 6.07) is 11.4. The predicted molar refractivity (Wildman–Crippen MR) is 118 cm³/mol. The number of rotatable bonds is 8. The molecule has 0 saturated carbocycles. The van der Waals surface area contributed by atoms with Crippen LogP contribution in [-0.4, -0.2) is 43.5 Å². The van der Waals surface area contributed by atoms with Crippen LogP contribution in [0.3, 0.4) is 0 Å². The number of hydrogen-bond donors (Lipinski definition) is 5. The minimum absolute atomic E-state index is 0.00385. The van der Waals surface area contributed by atoms with E-state index in [4.69, 9.17) is 10.8 Å². The fraction of sp³-hybridized carbons (Fsp3) is 0.100. The van der Waals surface area contributed by atoms with Crippen LogP contribution in [0, 0.1) is 0 Å². The van der Waals surface area contributed by atoms with Crippen molar-refractivity contribution in [3.8, 4) is 0 Å². The van der Waals surface area contributed by atoms with Crippen molar-refractivity contribution in [3.05, 3.63) is 60.2 Å². The zero-order valence-electron chi connectivity index (χ0n) is 16.7. The van der Waals surface area contributed by atoms with Crippen LogP contribution in [0.5, 0.6) is 0 Å². The molecule has 0 aliphatic heterocycles. The first-order chi connectivity index (χ1) is 15.3. The molecule has 13 heteroatoms. The van der Waals surface area contributed by atoms with Gasteiger partial charge in [-0.3, -0.25) is 18.9 Å². The van der Waals surface area contributed by atoms with Crippen LogP contribution < -0.4 is 10.5 Å². The Kier molecular flexibility index (Phi) is 6.31. The summed E-state index contributed by atoms with van der Waals surface area (Å²) in [4.78, 5) is 21.3. The third-order valence-corrected chi connectivity index (χ3v) is 7.20. The molecular formula is C20H18N2O9S2. The number of sulfonamides is 1. The van der Waals surface area contributed by atoms with E-state index in [0.717, 1.165) is 6.07 Å². The molecule has 0 radical (unpaired) electrons. The summed E-state index contributed by atoms with van der Waals surface area (Å²) in [6.07, 6.45) is -0.643. The minimum atomic E-state index is -4.74. The molecule has 11 nitrogen and oxygen atoms in total. The summed E-state index contributed by atoms with van der Waals surface area (Å²) in [6.45, 7) is 0. The van der Waals surface area contributed by atoms with Crippen LogP contribution >= 0.6 is 0 Å². The van der Waals surface area contributed by atoms with Crippen molar-refractivity contribution >= 4 is 54.2 Å². The Morgan fingerprint density at radius 1 is 0.909 bits per heavy atom. The van der Waals surface area contributed by atoms with Crippen molar-refractivity contribution in [2.24, 2.45) is 0 Å². The maximum atomic E-state index is 13.0. The molecule has 33 heavy (non-hydrogen) atoms. The first-order valence-corrected chi connectivity index (χ1v) is 12.1. The van der Waals surface area contributed by atoms with E-state index in [-0.39, 0.29) is 32.6 Å². The molecule has 3 aromatic carbocycles. The fourth-order valence-electron chi connectivity index (χ4n) is 3.36. The van der Waals surface area contributed by atoms with Crippen molar-refractivity contribution in [1.82, 2.24) is 0 Å². The number of hydrogen-bond acceptors (Lipinski definition) is 7. The molecule has 0 aliphatic rings.